The number of hydrogen-bond donors (Lipinski definition) is 0. The summed E-state index contributed by atoms with van der Waals surface area (Å²) in [6, 6.07) is 36.9. The number of rotatable bonds is 17. The molecule has 0 radical (unpaired) electrons. The molecule has 0 aliphatic rings. The summed E-state index contributed by atoms with van der Waals surface area (Å²) in [4.78, 5) is 24.7. The molecule has 4 heteroatoms. The third-order valence-electron chi connectivity index (χ3n) is 8.70. The average Bonchev–Trinajstić information content (AvgIpc) is 3.13. The molecule has 48 heavy (non-hydrogen) atoms. The Morgan fingerprint density at radius 2 is 0.771 bits per heavy atom. The van der Waals surface area contributed by atoms with E-state index >= 15 is 0 Å². The summed E-state index contributed by atoms with van der Waals surface area (Å²) in [6.45, 7) is 5.17. The summed E-state index contributed by atoms with van der Waals surface area (Å²) in [6.07, 6.45) is 13.6. The summed E-state index contributed by atoms with van der Waals surface area (Å²) >= 11 is 0. The van der Waals surface area contributed by atoms with Gasteiger partial charge in [0.05, 0.1) is 24.3 Å². The van der Waals surface area contributed by atoms with E-state index in [9.17, 15) is 9.59 Å². The highest BCUT2D eigenvalue weighted by molar-refractivity contribution is 6.05. The van der Waals surface area contributed by atoms with Crippen LogP contribution in [0.15, 0.2) is 109 Å². The van der Waals surface area contributed by atoms with Crippen LogP contribution in [0.25, 0.3) is 32.7 Å². The lowest BCUT2D eigenvalue weighted by Crippen LogP contribution is -2.15. The fourth-order valence-electron chi connectivity index (χ4n) is 6.01. The topological polar surface area (TPSA) is 52.6 Å². The van der Waals surface area contributed by atoms with Crippen LogP contribution in [0.1, 0.15) is 112 Å². The molecule has 0 fully saturated rings. The van der Waals surface area contributed by atoms with Gasteiger partial charge in [-0.1, -0.05) is 175 Å². The fraction of sp³-hybridized carbons (Fsp3) is 0.364. The largest absolute Gasteiger partial charge is 0.462 e. The van der Waals surface area contributed by atoms with Crippen molar-refractivity contribution >= 4 is 33.5 Å². The van der Waals surface area contributed by atoms with Crippen LogP contribution in [0.4, 0.5) is 0 Å². The molecular weight excluding hydrogens is 592 g/mol. The van der Waals surface area contributed by atoms with Crippen molar-refractivity contribution in [2.75, 3.05) is 13.2 Å². The van der Waals surface area contributed by atoms with Crippen LogP contribution in [0.5, 0.6) is 0 Å². The van der Waals surface area contributed by atoms with Crippen molar-refractivity contribution in [1.82, 2.24) is 0 Å². The number of benzene rings is 5. The maximum absolute atomic E-state index is 12.4. The second-order valence-corrected chi connectivity index (χ2v) is 12.4. The van der Waals surface area contributed by atoms with Gasteiger partial charge in [-0.2, -0.15) is 0 Å². The second-order valence-electron chi connectivity index (χ2n) is 12.4. The van der Waals surface area contributed by atoms with Gasteiger partial charge in [0.1, 0.15) is 0 Å². The molecule has 252 valence electrons. The minimum atomic E-state index is -0.444. The molecule has 0 N–H and O–H groups in total. The Morgan fingerprint density at radius 1 is 0.417 bits per heavy atom. The summed E-state index contributed by atoms with van der Waals surface area (Å²) in [5.74, 6) is -0.888. The third kappa shape index (κ3) is 11.1. The van der Waals surface area contributed by atoms with E-state index in [4.69, 9.17) is 9.47 Å². The monoisotopic (exact) mass is 644 g/mol. The molecule has 5 rings (SSSR count). The molecule has 0 atom stereocenters. The van der Waals surface area contributed by atoms with Crippen LogP contribution in [0.3, 0.4) is 0 Å². The highest BCUT2D eigenvalue weighted by Gasteiger charge is 2.18. The Morgan fingerprint density at radius 3 is 1.21 bits per heavy atom. The number of carbonyl (C=O) groups is 2. The zero-order valence-electron chi connectivity index (χ0n) is 28.9. The van der Waals surface area contributed by atoms with Gasteiger partial charge in [0.25, 0.3) is 0 Å². The highest BCUT2D eigenvalue weighted by Crippen LogP contribution is 2.33. The number of esters is 2. The summed E-state index contributed by atoms with van der Waals surface area (Å²) in [5.41, 5.74) is 3.20. The number of fused-ring (bicyclic) bond motifs is 2. The van der Waals surface area contributed by atoms with Crippen LogP contribution in [-0.4, -0.2) is 25.2 Å². The van der Waals surface area contributed by atoms with E-state index in [2.05, 4.69) is 98.8 Å². The molecule has 0 spiro atoms. The Labute approximate surface area is 287 Å². The molecule has 0 aliphatic carbocycles. The first kappa shape index (κ1) is 36.4. The number of ether oxygens (including phenoxy) is 2. The molecular formula is C44H52O4. The van der Waals surface area contributed by atoms with Gasteiger partial charge in [-0.3, -0.25) is 0 Å². The maximum Gasteiger partial charge on any atom is 0.339 e. The Kier molecular flexibility index (Phi) is 15.7. The second kappa shape index (κ2) is 20.7. The minimum Gasteiger partial charge on any atom is -0.462 e. The molecule has 5 aromatic carbocycles. The smallest absolute Gasteiger partial charge is 0.339 e. The molecule has 0 unspecified atom stereocenters. The van der Waals surface area contributed by atoms with E-state index in [-0.39, 0.29) is 0 Å². The van der Waals surface area contributed by atoms with Crippen molar-refractivity contribution in [2.45, 2.75) is 90.9 Å². The molecule has 0 bridgehead atoms. The van der Waals surface area contributed by atoms with Gasteiger partial charge in [0.15, 0.2) is 0 Å². The number of unbranched alkanes of at least 4 members (excludes halogenated alkanes) is 10. The quantitative estimate of drug-likeness (QED) is 0.0746. The normalized spacial score (nSPS) is 10.8. The molecule has 0 aliphatic heterocycles. The summed E-state index contributed by atoms with van der Waals surface area (Å²) in [7, 11) is 0. The fourth-order valence-corrected chi connectivity index (χ4v) is 6.01. The Hall–Kier alpha value is -4.44. The highest BCUT2D eigenvalue weighted by atomic mass is 16.5. The van der Waals surface area contributed by atoms with Gasteiger partial charge in [0.2, 0.25) is 0 Å². The van der Waals surface area contributed by atoms with Crippen molar-refractivity contribution in [3.05, 3.63) is 120 Å². The van der Waals surface area contributed by atoms with Gasteiger partial charge in [-0.05, 0) is 57.6 Å². The van der Waals surface area contributed by atoms with Crippen molar-refractivity contribution in [3.63, 3.8) is 0 Å². The summed E-state index contributed by atoms with van der Waals surface area (Å²) in [5, 5.41) is 5.20. The van der Waals surface area contributed by atoms with E-state index in [1.807, 2.05) is 0 Å². The predicted molar refractivity (Wildman–Crippen MR) is 201 cm³/mol. The molecule has 0 amide bonds. The van der Waals surface area contributed by atoms with Crippen LogP contribution in [-0.2, 0) is 9.47 Å². The Balaban J connectivity index is 0.000000227. The van der Waals surface area contributed by atoms with Crippen molar-refractivity contribution < 1.29 is 19.1 Å². The van der Waals surface area contributed by atoms with E-state index in [0.717, 1.165) is 25.7 Å². The van der Waals surface area contributed by atoms with Crippen LogP contribution >= 0.6 is 0 Å². The third-order valence-corrected chi connectivity index (χ3v) is 8.70. The van der Waals surface area contributed by atoms with Gasteiger partial charge in [-0.15, -0.1) is 0 Å². The minimum absolute atomic E-state index is 0.293. The van der Waals surface area contributed by atoms with Gasteiger partial charge < -0.3 is 9.47 Å². The maximum atomic E-state index is 12.4. The SMILES string of the molecule is CCCCCCCCOC(=O)c1ccccc1C(=O)OCCCCCCCC.c1ccc2c(-c3cccc4ccccc34)cccc2c1. The number of hydrogen-bond acceptors (Lipinski definition) is 4. The van der Waals surface area contributed by atoms with E-state index in [0.29, 0.717) is 24.3 Å². The average molecular weight is 645 g/mol. The molecule has 4 nitrogen and oxygen atoms in total. The lowest BCUT2D eigenvalue weighted by Gasteiger charge is -2.10. The van der Waals surface area contributed by atoms with Crippen molar-refractivity contribution in [2.24, 2.45) is 0 Å². The van der Waals surface area contributed by atoms with Crippen LogP contribution < -0.4 is 0 Å². The number of carbonyl (C=O) groups excluding carboxylic acids is 2. The van der Waals surface area contributed by atoms with Gasteiger partial charge in [-0.25, -0.2) is 9.59 Å². The van der Waals surface area contributed by atoms with Gasteiger partial charge in [0, 0.05) is 0 Å². The lowest BCUT2D eigenvalue weighted by molar-refractivity contribution is 0.0450. The first-order chi connectivity index (χ1) is 23.6. The first-order valence-corrected chi connectivity index (χ1v) is 18.0. The zero-order chi connectivity index (χ0) is 33.8. The van der Waals surface area contributed by atoms with Crippen LogP contribution in [0, 0.1) is 0 Å². The lowest BCUT2D eigenvalue weighted by atomic mass is 9.94. The predicted octanol–water partition coefficient (Wildman–Crippen LogP) is 12.4. The van der Waals surface area contributed by atoms with Gasteiger partial charge >= 0.3 is 11.9 Å². The Bertz CT molecular complexity index is 1570. The van der Waals surface area contributed by atoms with Crippen LogP contribution in [0.2, 0.25) is 0 Å². The van der Waals surface area contributed by atoms with E-state index in [1.165, 1.54) is 84.0 Å². The molecule has 0 aromatic heterocycles. The first-order valence-electron chi connectivity index (χ1n) is 18.0. The molecule has 0 saturated carbocycles. The summed E-state index contributed by atoms with van der Waals surface area (Å²) < 4.78 is 10.7. The van der Waals surface area contributed by atoms with Crippen molar-refractivity contribution in [1.29, 1.82) is 0 Å². The van der Waals surface area contributed by atoms with Crippen molar-refractivity contribution in [3.8, 4) is 11.1 Å². The van der Waals surface area contributed by atoms with E-state index in [1.54, 1.807) is 24.3 Å². The molecule has 5 aromatic rings. The zero-order valence-corrected chi connectivity index (χ0v) is 28.9. The molecule has 0 saturated heterocycles. The standard InChI is InChI=1S/C24H38O4.C20H14/c1-3-5-7-9-11-15-19-27-23(25)21-17-13-14-18-22(21)24(26)28-20-16-12-10-8-6-4-2;1-3-11-17-15(7-1)9-5-13-19(17)20-14-6-10-16-8-2-4-12-18(16)20/h13-14,17-18H,3-12,15-16,19-20H2,1-2H3;1-14H. The molecule has 0 heterocycles. The van der Waals surface area contributed by atoms with E-state index < -0.39 is 11.9 Å².